The number of anilines is 3. The zero-order valence-electron chi connectivity index (χ0n) is 17.0. The van der Waals surface area contributed by atoms with E-state index in [4.69, 9.17) is 4.74 Å². The molecule has 0 bridgehead atoms. The minimum absolute atomic E-state index is 0.113. The van der Waals surface area contributed by atoms with Crippen molar-refractivity contribution in [3.63, 3.8) is 0 Å². The van der Waals surface area contributed by atoms with Crippen LogP contribution in [0.2, 0.25) is 0 Å². The van der Waals surface area contributed by atoms with Gasteiger partial charge in [-0.3, -0.25) is 15.1 Å². The van der Waals surface area contributed by atoms with Crippen LogP contribution in [0.1, 0.15) is 0 Å². The summed E-state index contributed by atoms with van der Waals surface area (Å²) < 4.78 is 5.09. The lowest BCUT2D eigenvalue weighted by molar-refractivity contribution is -0.384. The average molecular weight is 409 g/mol. The maximum absolute atomic E-state index is 11.5. The number of nitrogens with one attached hydrogen (secondary N) is 2. The van der Waals surface area contributed by atoms with Crippen LogP contribution >= 0.6 is 0 Å². The molecular formula is C20H23N7O3. The number of nitro benzene ring substituents is 1. The van der Waals surface area contributed by atoms with Gasteiger partial charge in [0.05, 0.1) is 23.8 Å². The second kappa shape index (κ2) is 9.61. The summed E-state index contributed by atoms with van der Waals surface area (Å²) in [5, 5.41) is 17.7. The van der Waals surface area contributed by atoms with Crippen molar-refractivity contribution in [2.24, 2.45) is 0 Å². The Hall–Kier alpha value is -3.79. The molecule has 156 valence electrons. The molecule has 0 fully saturated rings. The van der Waals surface area contributed by atoms with E-state index in [0.29, 0.717) is 35.4 Å². The fourth-order valence-electron chi connectivity index (χ4n) is 2.68. The number of aromatic nitrogens is 3. The molecule has 0 spiro atoms. The molecule has 2 N–H and O–H groups in total. The van der Waals surface area contributed by atoms with Crippen LogP contribution in [-0.4, -0.2) is 59.1 Å². The molecule has 10 nitrogen and oxygen atoms in total. The minimum atomic E-state index is -0.468. The molecule has 0 aliphatic heterocycles. The Morgan fingerprint density at radius 2 is 2.03 bits per heavy atom. The van der Waals surface area contributed by atoms with Gasteiger partial charge in [0.1, 0.15) is 17.3 Å². The summed E-state index contributed by atoms with van der Waals surface area (Å²) in [5.41, 5.74) is 1.64. The Morgan fingerprint density at radius 1 is 1.20 bits per heavy atom. The monoisotopic (exact) mass is 409 g/mol. The predicted molar refractivity (Wildman–Crippen MR) is 115 cm³/mol. The third-order valence-corrected chi connectivity index (χ3v) is 4.19. The molecule has 0 atom stereocenters. The smallest absolute Gasteiger partial charge is 0.296 e. The number of rotatable bonds is 9. The summed E-state index contributed by atoms with van der Waals surface area (Å²) in [6.45, 7) is 1.44. The summed E-state index contributed by atoms with van der Waals surface area (Å²) in [4.78, 5) is 26.2. The molecule has 30 heavy (non-hydrogen) atoms. The molecule has 0 aliphatic carbocycles. The zero-order chi connectivity index (χ0) is 21.5. The van der Waals surface area contributed by atoms with Crippen LogP contribution in [0.15, 0.2) is 48.8 Å². The molecule has 0 amide bonds. The number of hydrogen-bond donors (Lipinski definition) is 2. The first-order valence-corrected chi connectivity index (χ1v) is 9.24. The SMILES string of the molecule is COc1ccc(Nc2cc(-c3cccnc3)nc(NCCN(C)C)n2)c([N+](=O)[O-])c1. The number of methoxy groups -OCH3 is 1. The van der Waals surface area contributed by atoms with Gasteiger partial charge in [0.15, 0.2) is 0 Å². The summed E-state index contributed by atoms with van der Waals surface area (Å²) in [6, 6.07) is 10.0. The minimum Gasteiger partial charge on any atom is -0.496 e. The van der Waals surface area contributed by atoms with Crippen LogP contribution in [0.25, 0.3) is 11.3 Å². The van der Waals surface area contributed by atoms with Gasteiger partial charge in [-0.15, -0.1) is 0 Å². The molecule has 10 heteroatoms. The van der Waals surface area contributed by atoms with E-state index in [2.05, 4.69) is 25.6 Å². The van der Waals surface area contributed by atoms with Crippen LogP contribution in [-0.2, 0) is 0 Å². The van der Waals surface area contributed by atoms with Crippen LogP contribution in [0.3, 0.4) is 0 Å². The summed E-state index contributed by atoms with van der Waals surface area (Å²) in [6.07, 6.45) is 3.38. The van der Waals surface area contributed by atoms with Crippen molar-refractivity contribution in [2.75, 3.05) is 44.9 Å². The highest BCUT2D eigenvalue weighted by atomic mass is 16.6. The third kappa shape index (κ3) is 5.39. The highest BCUT2D eigenvalue weighted by Gasteiger charge is 2.17. The van der Waals surface area contributed by atoms with Crippen molar-refractivity contribution >= 4 is 23.1 Å². The highest BCUT2D eigenvalue weighted by Crippen LogP contribution is 2.32. The molecule has 0 aliphatic rings. The normalized spacial score (nSPS) is 10.7. The molecule has 0 saturated carbocycles. The Morgan fingerprint density at radius 3 is 2.70 bits per heavy atom. The number of likely N-dealkylation sites (N-methyl/N-ethyl adjacent to an activating group) is 1. The maximum atomic E-state index is 11.5. The van der Waals surface area contributed by atoms with Crippen LogP contribution in [0, 0.1) is 10.1 Å². The highest BCUT2D eigenvalue weighted by molar-refractivity contribution is 5.72. The summed E-state index contributed by atoms with van der Waals surface area (Å²) in [7, 11) is 5.41. The van der Waals surface area contributed by atoms with Gasteiger partial charge in [-0.1, -0.05) is 0 Å². The van der Waals surface area contributed by atoms with Gasteiger partial charge in [-0.05, 0) is 38.4 Å². The van der Waals surface area contributed by atoms with Crippen LogP contribution in [0.5, 0.6) is 5.75 Å². The lowest BCUT2D eigenvalue weighted by atomic mass is 10.2. The molecule has 0 saturated heterocycles. The molecule has 3 aromatic rings. The fourth-order valence-corrected chi connectivity index (χ4v) is 2.68. The van der Waals surface area contributed by atoms with Crippen molar-refractivity contribution in [1.82, 2.24) is 19.9 Å². The summed E-state index contributed by atoms with van der Waals surface area (Å²) in [5.74, 6) is 1.23. The van der Waals surface area contributed by atoms with Gasteiger partial charge in [-0.25, -0.2) is 4.98 Å². The van der Waals surface area contributed by atoms with Crippen molar-refractivity contribution < 1.29 is 9.66 Å². The Kier molecular flexibility index (Phi) is 6.71. The molecule has 1 aromatic carbocycles. The van der Waals surface area contributed by atoms with E-state index in [-0.39, 0.29) is 5.69 Å². The van der Waals surface area contributed by atoms with Gasteiger partial charge < -0.3 is 20.3 Å². The van der Waals surface area contributed by atoms with E-state index < -0.39 is 4.92 Å². The second-order valence-corrected chi connectivity index (χ2v) is 6.70. The number of benzene rings is 1. The molecule has 0 unspecified atom stereocenters. The molecule has 2 heterocycles. The van der Waals surface area contributed by atoms with E-state index in [1.54, 1.807) is 30.6 Å². The first-order chi connectivity index (χ1) is 14.5. The number of nitro groups is 1. The number of nitrogens with zero attached hydrogens (tertiary/aromatic N) is 5. The first kappa shape index (κ1) is 20.9. The van der Waals surface area contributed by atoms with E-state index in [9.17, 15) is 10.1 Å². The third-order valence-electron chi connectivity index (χ3n) is 4.19. The Labute approximate surface area is 174 Å². The average Bonchev–Trinajstić information content (AvgIpc) is 2.74. The van der Waals surface area contributed by atoms with Gasteiger partial charge in [-0.2, -0.15) is 4.98 Å². The molecule has 2 aromatic heterocycles. The van der Waals surface area contributed by atoms with E-state index in [1.165, 1.54) is 13.2 Å². The second-order valence-electron chi connectivity index (χ2n) is 6.70. The number of pyridine rings is 1. The van der Waals surface area contributed by atoms with E-state index >= 15 is 0 Å². The van der Waals surface area contributed by atoms with Crippen LogP contribution in [0.4, 0.5) is 23.1 Å². The molecule has 0 radical (unpaired) electrons. The standard InChI is InChI=1S/C20H23N7O3/c1-26(2)10-9-22-20-24-17(14-5-4-8-21-13-14)12-19(25-20)23-16-7-6-15(30-3)11-18(16)27(28)29/h4-8,11-13H,9-10H2,1-3H3,(H2,22,23,24,25). The maximum Gasteiger partial charge on any atom is 0.296 e. The predicted octanol–water partition coefficient (Wildman–Crippen LogP) is 3.17. The topological polar surface area (TPSA) is 118 Å². The largest absolute Gasteiger partial charge is 0.496 e. The quantitative estimate of drug-likeness (QED) is 0.406. The fraction of sp³-hybridized carbons (Fsp3) is 0.250. The van der Waals surface area contributed by atoms with Crippen molar-refractivity contribution in [3.05, 3.63) is 58.9 Å². The first-order valence-electron chi connectivity index (χ1n) is 9.24. The van der Waals surface area contributed by atoms with Crippen molar-refractivity contribution in [3.8, 4) is 17.0 Å². The van der Waals surface area contributed by atoms with Gasteiger partial charge in [0.2, 0.25) is 5.95 Å². The Bertz CT molecular complexity index is 1010. The molecular weight excluding hydrogens is 386 g/mol. The number of hydrogen-bond acceptors (Lipinski definition) is 9. The zero-order valence-corrected chi connectivity index (χ0v) is 17.0. The lowest BCUT2D eigenvalue weighted by Crippen LogP contribution is -2.21. The van der Waals surface area contributed by atoms with E-state index in [1.807, 2.05) is 31.1 Å². The Balaban J connectivity index is 1.96. The van der Waals surface area contributed by atoms with E-state index in [0.717, 1.165) is 12.1 Å². The van der Waals surface area contributed by atoms with Gasteiger partial charge in [0.25, 0.3) is 5.69 Å². The number of ether oxygens (including phenoxy) is 1. The van der Waals surface area contributed by atoms with Gasteiger partial charge in [0, 0.05) is 37.1 Å². The van der Waals surface area contributed by atoms with Crippen LogP contribution < -0.4 is 15.4 Å². The molecule has 3 rings (SSSR count). The van der Waals surface area contributed by atoms with Gasteiger partial charge >= 0.3 is 0 Å². The summed E-state index contributed by atoms with van der Waals surface area (Å²) >= 11 is 0. The lowest BCUT2D eigenvalue weighted by Gasteiger charge is -2.13. The van der Waals surface area contributed by atoms with Crippen molar-refractivity contribution in [2.45, 2.75) is 0 Å². The van der Waals surface area contributed by atoms with Crippen molar-refractivity contribution in [1.29, 1.82) is 0 Å².